The van der Waals surface area contributed by atoms with E-state index in [4.69, 9.17) is 0 Å². The van der Waals surface area contributed by atoms with Crippen LogP contribution in [0.2, 0.25) is 0 Å². The highest BCUT2D eigenvalue weighted by atomic mass is 15.1. The number of hydrogen-bond donors (Lipinski definition) is 0. The highest BCUT2D eigenvalue weighted by molar-refractivity contribution is 5.62. The molecular weight excluding hydrogens is 260 g/mol. The Bertz CT molecular complexity index is 759. The van der Waals surface area contributed by atoms with Crippen molar-refractivity contribution in [2.45, 2.75) is 26.7 Å². The summed E-state index contributed by atoms with van der Waals surface area (Å²) >= 11 is 0. The monoisotopic (exact) mass is 278 g/mol. The fourth-order valence-corrected chi connectivity index (χ4v) is 2.39. The van der Waals surface area contributed by atoms with Gasteiger partial charge in [0, 0.05) is 35.8 Å². The molecule has 1 aromatic carbocycles. The maximum Gasteiger partial charge on any atom is 0.125 e. The molecule has 0 atom stereocenters. The Hall–Kier alpha value is -2.49. The second-order valence-electron chi connectivity index (χ2n) is 5.35. The number of nitrogens with zero attached hydrogens (tertiary/aromatic N) is 4. The van der Waals surface area contributed by atoms with Crippen molar-refractivity contribution in [1.82, 2.24) is 19.5 Å². The normalized spacial score (nSPS) is 11.0. The largest absolute Gasteiger partial charge is 0.304 e. The minimum atomic E-state index is 0.380. The smallest absolute Gasteiger partial charge is 0.125 e. The molecule has 0 aliphatic heterocycles. The van der Waals surface area contributed by atoms with E-state index in [1.807, 2.05) is 31.5 Å². The zero-order chi connectivity index (χ0) is 14.8. The van der Waals surface area contributed by atoms with Gasteiger partial charge in [0.05, 0.1) is 5.69 Å². The molecule has 2 aromatic heterocycles. The molecular formula is C17H18N4. The van der Waals surface area contributed by atoms with E-state index in [0.717, 1.165) is 28.6 Å². The molecule has 0 aliphatic carbocycles. The molecule has 0 fully saturated rings. The summed E-state index contributed by atoms with van der Waals surface area (Å²) in [6, 6.07) is 10.3. The van der Waals surface area contributed by atoms with Crippen molar-refractivity contribution in [3.63, 3.8) is 0 Å². The van der Waals surface area contributed by atoms with Gasteiger partial charge in [0.2, 0.25) is 0 Å². The van der Waals surface area contributed by atoms with Crippen molar-refractivity contribution in [2.24, 2.45) is 0 Å². The van der Waals surface area contributed by atoms with Crippen LogP contribution in [0.1, 0.15) is 31.4 Å². The summed E-state index contributed by atoms with van der Waals surface area (Å²) in [6.07, 6.45) is 5.64. The predicted molar refractivity (Wildman–Crippen MR) is 83.4 cm³/mol. The second-order valence-corrected chi connectivity index (χ2v) is 5.35. The van der Waals surface area contributed by atoms with Crippen LogP contribution in [0.3, 0.4) is 0 Å². The Morgan fingerprint density at radius 1 is 1.05 bits per heavy atom. The Labute approximate surface area is 124 Å². The van der Waals surface area contributed by atoms with Gasteiger partial charge in [0.15, 0.2) is 0 Å². The topological polar surface area (TPSA) is 43.6 Å². The average Bonchev–Trinajstić information content (AvgIpc) is 2.97. The highest BCUT2D eigenvalue weighted by Gasteiger charge is 2.09. The summed E-state index contributed by atoms with van der Waals surface area (Å²) in [4.78, 5) is 13.1. The molecule has 4 heteroatoms. The van der Waals surface area contributed by atoms with Gasteiger partial charge < -0.3 is 4.57 Å². The molecule has 0 N–H and O–H groups in total. The number of aryl methyl sites for hydroxylation is 1. The van der Waals surface area contributed by atoms with E-state index in [0.29, 0.717) is 5.92 Å². The highest BCUT2D eigenvalue weighted by Crippen LogP contribution is 2.23. The Morgan fingerprint density at radius 3 is 2.67 bits per heavy atom. The lowest BCUT2D eigenvalue weighted by Gasteiger charge is -2.11. The van der Waals surface area contributed by atoms with Gasteiger partial charge >= 0.3 is 0 Å². The lowest BCUT2D eigenvalue weighted by Crippen LogP contribution is -2.02. The van der Waals surface area contributed by atoms with E-state index in [1.165, 1.54) is 0 Å². The van der Waals surface area contributed by atoms with Crippen LogP contribution in [0.15, 0.2) is 48.9 Å². The second kappa shape index (κ2) is 5.48. The summed E-state index contributed by atoms with van der Waals surface area (Å²) in [6.45, 7) is 6.20. The Balaban J connectivity index is 2.06. The first-order valence-corrected chi connectivity index (χ1v) is 7.09. The van der Waals surface area contributed by atoms with Crippen LogP contribution < -0.4 is 0 Å². The molecule has 0 aliphatic rings. The standard InChI is InChI=1S/C17H18N4/c1-12(2)17-19-9-10-21(17)15-6-4-5-14(11-15)16-7-8-18-13(3)20-16/h4-12H,1-3H3. The number of benzene rings is 1. The molecule has 0 bridgehead atoms. The summed E-state index contributed by atoms with van der Waals surface area (Å²) in [5.74, 6) is 2.22. The molecule has 3 aromatic rings. The molecule has 0 unspecified atom stereocenters. The maximum absolute atomic E-state index is 4.49. The van der Waals surface area contributed by atoms with Gasteiger partial charge in [-0.25, -0.2) is 15.0 Å². The van der Waals surface area contributed by atoms with Crippen molar-refractivity contribution < 1.29 is 0 Å². The van der Waals surface area contributed by atoms with Crippen LogP contribution in [0.5, 0.6) is 0 Å². The van der Waals surface area contributed by atoms with Gasteiger partial charge in [-0.3, -0.25) is 0 Å². The summed E-state index contributed by atoms with van der Waals surface area (Å²) < 4.78 is 2.13. The third-order valence-corrected chi connectivity index (χ3v) is 3.38. The van der Waals surface area contributed by atoms with Crippen LogP contribution in [0, 0.1) is 6.92 Å². The Kier molecular flexibility index (Phi) is 3.52. The Morgan fingerprint density at radius 2 is 1.90 bits per heavy atom. The maximum atomic E-state index is 4.49. The SMILES string of the molecule is Cc1nccc(-c2cccc(-n3ccnc3C(C)C)c2)n1. The lowest BCUT2D eigenvalue weighted by atomic mass is 10.1. The molecule has 2 heterocycles. The summed E-state index contributed by atoms with van der Waals surface area (Å²) in [5.41, 5.74) is 3.13. The van der Waals surface area contributed by atoms with E-state index in [1.54, 1.807) is 6.20 Å². The van der Waals surface area contributed by atoms with E-state index >= 15 is 0 Å². The number of hydrogen-bond acceptors (Lipinski definition) is 3. The van der Waals surface area contributed by atoms with Crippen molar-refractivity contribution in [2.75, 3.05) is 0 Å². The minimum absolute atomic E-state index is 0.380. The van der Waals surface area contributed by atoms with Crippen LogP contribution in [0.4, 0.5) is 0 Å². The van der Waals surface area contributed by atoms with Crippen molar-refractivity contribution in [1.29, 1.82) is 0 Å². The quantitative estimate of drug-likeness (QED) is 0.732. The van der Waals surface area contributed by atoms with E-state index in [-0.39, 0.29) is 0 Å². The van der Waals surface area contributed by atoms with Crippen LogP contribution in [-0.4, -0.2) is 19.5 Å². The molecule has 0 saturated heterocycles. The van der Waals surface area contributed by atoms with Crippen LogP contribution in [-0.2, 0) is 0 Å². The van der Waals surface area contributed by atoms with Crippen molar-refractivity contribution in [3.8, 4) is 16.9 Å². The van der Waals surface area contributed by atoms with E-state index in [2.05, 4.69) is 51.6 Å². The average molecular weight is 278 g/mol. The van der Waals surface area contributed by atoms with Crippen LogP contribution in [0.25, 0.3) is 16.9 Å². The molecule has 0 amide bonds. The minimum Gasteiger partial charge on any atom is -0.304 e. The summed E-state index contributed by atoms with van der Waals surface area (Å²) in [5, 5.41) is 0. The van der Waals surface area contributed by atoms with E-state index < -0.39 is 0 Å². The predicted octanol–water partition coefficient (Wildman–Crippen LogP) is 3.76. The lowest BCUT2D eigenvalue weighted by molar-refractivity contribution is 0.752. The fraction of sp³-hybridized carbons (Fsp3) is 0.235. The zero-order valence-electron chi connectivity index (χ0n) is 12.5. The molecule has 3 rings (SSSR count). The van der Waals surface area contributed by atoms with Gasteiger partial charge in [-0.1, -0.05) is 26.0 Å². The van der Waals surface area contributed by atoms with Crippen molar-refractivity contribution in [3.05, 3.63) is 60.6 Å². The van der Waals surface area contributed by atoms with Crippen LogP contribution >= 0.6 is 0 Å². The molecule has 21 heavy (non-hydrogen) atoms. The van der Waals surface area contributed by atoms with Gasteiger partial charge in [-0.15, -0.1) is 0 Å². The zero-order valence-corrected chi connectivity index (χ0v) is 12.5. The first-order valence-electron chi connectivity index (χ1n) is 7.09. The molecule has 0 saturated carbocycles. The third-order valence-electron chi connectivity index (χ3n) is 3.38. The van der Waals surface area contributed by atoms with Crippen molar-refractivity contribution >= 4 is 0 Å². The van der Waals surface area contributed by atoms with E-state index in [9.17, 15) is 0 Å². The van der Waals surface area contributed by atoms with Gasteiger partial charge in [-0.2, -0.15) is 0 Å². The van der Waals surface area contributed by atoms with Gasteiger partial charge in [0.25, 0.3) is 0 Å². The first-order chi connectivity index (χ1) is 10.1. The third kappa shape index (κ3) is 2.70. The molecule has 106 valence electrons. The fourth-order valence-electron chi connectivity index (χ4n) is 2.39. The number of aromatic nitrogens is 4. The molecule has 4 nitrogen and oxygen atoms in total. The van der Waals surface area contributed by atoms with Gasteiger partial charge in [0.1, 0.15) is 11.6 Å². The molecule has 0 radical (unpaired) electrons. The first kappa shape index (κ1) is 13.5. The van der Waals surface area contributed by atoms with Gasteiger partial charge in [-0.05, 0) is 25.1 Å². The number of imidazole rings is 1. The molecule has 0 spiro atoms. The number of rotatable bonds is 3. The summed E-state index contributed by atoms with van der Waals surface area (Å²) in [7, 11) is 0.